The van der Waals surface area contributed by atoms with Crippen LogP contribution in [0.5, 0.6) is 0 Å². The SMILES string of the molecule is Cc1ccccc1N(CC(=O)N(Cc1cccc(Cl)c1)[C@@H](Cc1ccccc1)C(=O)NC(C)(C)C)S(C)(=O)=O. The summed E-state index contributed by atoms with van der Waals surface area (Å²) in [5, 5.41) is 3.50. The number of benzene rings is 3. The highest BCUT2D eigenvalue weighted by Crippen LogP contribution is 2.24. The number of nitrogens with zero attached hydrogens (tertiary/aromatic N) is 2. The fraction of sp³-hybridized carbons (Fsp3) is 0.333. The van der Waals surface area contributed by atoms with E-state index in [0.717, 1.165) is 21.7 Å². The topological polar surface area (TPSA) is 86.8 Å². The van der Waals surface area contributed by atoms with Crippen molar-refractivity contribution in [2.45, 2.75) is 52.2 Å². The van der Waals surface area contributed by atoms with Crippen molar-refractivity contribution in [2.75, 3.05) is 17.1 Å². The standard InChI is InChI=1S/C30H36ClN3O4S/c1-22-12-9-10-17-26(22)34(39(5,37)38)21-28(35)33(20-24-15-11-16-25(31)18-24)27(29(36)32-30(2,3)4)19-23-13-7-6-8-14-23/h6-18,27H,19-21H2,1-5H3,(H,32,36)/t27-/m0/s1. The highest BCUT2D eigenvalue weighted by Gasteiger charge is 2.34. The van der Waals surface area contributed by atoms with Crippen LogP contribution in [0.2, 0.25) is 5.02 Å². The first kappa shape index (κ1) is 30.2. The van der Waals surface area contributed by atoms with Crippen LogP contribution in [-0.4, -0.2) is 49.5 Å². The summed E-state index contributed by atoms with van der Waals surface area (Å²) in [5.41, 5.74) is 2.17. The Labute approximate surface area is 236 Å². The number of amides is 2. The monoisotopic (exact) mass is 569 g/mol. The van der Waals surface area contributed by atoms with Crippen molar-refractivity contribution in [1.29, 1.82) is 0 Å². The molecular weight excluding hydrogens is 534 g/mol. The molecule has 1 atom stereocenters. The van der Waals surface area contributed by atoms with Crippen LogP contribution in [0.3, 0.4) is 0 Å². The van der Waals surface area contributed by atoms with Crippen LogP contribution in [0, 0.1) is 6.92 Å². The lowest BCUT2D eigenvalue weighted by Gasteiger charge is -2.35. The Kier molecular flexibility index (Phi) is 9.80. The van der Waals surface area contributed by atoms with E-state index in [-0.39, 0.29) is 18.9 Å². The Morgan fingerprint density at radius 3 is 2.13 bits per heavy atom. The molecule has 9 heteroatoms. The van der Waals surface area contributed by atoms with Gasteiger partial charge in [0.25, 0.3) is 0 Å². The average molecular weight is 570 g/mol. The molecule has 0 radical (unpaired) electrons. The molecule has 0 spiro atoms. The lowest BCUT2D eigenvalue weighted by molar-refractivity contribution is -0.140. The number of anilines is 1. The molecule has 1 N–H and O–H groups in total. The molecule has 0 fully saturated rings. The first-order valence-corrected chi connectivity index (χ1v) is 14.9. The number of hydrogen-bond acceptors (Lipinski definition) is 4. The highest BCUT2D eigenvalue weighted by atomic mass is 35.5. The molecule has 3 rings (SSSR count). The van der Waals surface area contributed by atoms with E-state index in [1.165, 1.54) is 4.90 Å². The maximum Gasteiger partial charge on any atom is 0.244 e. The summed E-state index contributed by atoms with van der Waals surface area (Å²) in [5.74, 6) is -0.836. The van der Waals surface area contributed by atoms with Crippen molar-refractivity contribution in [3.05, 3.63) is 101 Å². The molecule has 0 saturated heterocycles. The van der Waals surface area contributed by atoms with Crippen LogP contribution in [0.15, 0.2) is 78.9 Å². The van der Waals surface area contributed by atoms with Gasteiger partial charge in [-0.15, -0.1) is 0 Å². The Hall–Kier alpha value is -3.36. The second-order valence-electron chi connectivity index (χ2n) is 10.7. The van der Waals surface area contributed by atoms with Gasteiger partial charge in [0.15, 0.2) is 0 Å². The molecule has 0 aromatic heterocycles. The lowest BCUT2D eigenvalue weighted by atomic mass is 10.0. The Morgan fingerprint density at radius 1 is 0.923 bits per heavy atom. The Morgan fingerprint density at radius 2 is 1.54 bits per heavy atom. The number of halogens is 1. The van der Waals surface area contributed by atoms with Gasteiger partial charge in [-0.05, 0) is 62.6 Å². The number of hydrogen-bond donors (Lipinski definition) is 1. The third-order valence-corrected chi connectivity index (χ3v) is 7.44. The van der Waals surface area contributed by atoms with Crippen molar-refractivity contribution in [1.82, 2.24) is 10.2 Å². The van der Waals surface area contributed by atoms with E-state index in [1.54, 1.807) is 49.4 Å². The van der Waals surface area contributed by atoms with Crippen LogP contribution in [-0.2, 0) is 32.6 Å². The van der Waals surface area contributed by atoms with Crippen LogP contribution < -0.4 is 9.62 Å². The molecule has 7 nitrogen and oxygen atoms in total. The number of carbonyl (C=O) groups excluding carboxylic acids is 2. The number of sulfonamides is 1. The van der Waals surface area contributed by atoms with Gasteiger partial charge in [0, 0.05) is 23.5 Å². The first-order chi connectivity index (χ1) is 18.2. The van der Waals surface area contributed by atoms with E-state index < -0.39 is 34.1 Å². The summed E-state index contributed by atoms with van der Waals surface area (Å²) in [7, 11) is -3.82. The third kappa shape index (κ3) is 8.83. The minimum absolute atomic E-state index is 0.0693. The van der Waals surface area contributed by atoms with Crippen molar-refractivity contribution < 1.29 is 18.0 Å². The summed E-state index contributed by atoms with van der Waals surface area (Å²) in [6.07, 6.45) is 1.32. The molecule has 0 heterocycles. The predicted octanol–water partition coefficient (Wildman–Crippen LogP) is 4.97. The lowest BCUT2D eigenvalue weighted by Crippen LogP contribution is -2.56. The molecule has 0 unspecified atom stereocenters. The third-order valence-electron chi connectivity index (χ3n) is 6.07. The number of carbonyl (C=O) groups is 2. The van der Waals surface area contributed by atoms with Crippen LogP contribution in [0.1, 0.15) is 37.5 Å². The minimum Gasteiger partial charge on any atom is -0.350 e. The van der Waals surface area contributed by atoms with Gasteiger partial charge in [0.2, 0.25) is 21.8 Å². The number of para-hydroxylation sites is 1. The number of rotatable bonds is 10. The first-order valence-electron chi connectivity index (χ1n) is 12.7. The average Bonchev–Trinajstić information content (AvgIpc) is 2.84. The predicted molar refractivity (Wildman–Crippen MR) is 157 cm³/mol. The van der Waals surface area contributed by atoms with E-state index in [1.807, 2.05) is 57.2 Å². The number of aryl methyl sites for hydroxylation is 1. The van der Waals surface area contributed by atoms with E-state index in [9.17, 15) is 18.0 Å². The molecule has 0 aliphatic carbocycles. The van der Waals surface area contributed by atoms with Crippen LogP contribution >= 0.6 is 11.6 Å². The van der Waals surface area contributed by atoms with Gasteiger partial charge in [0.05, 0.1) is 11.9 Å². The van der Waals surface area contributed by atoms with Crippen molar-refractivity contribution in [3.8, 4) is 0 Å². The second-order valence-corrected chi connectivity index (χ2v) is 13.0. The van der Waals surface area contributed by atoms with E-state index in [2.05, 4.69) is 5.32 Å². The number of nitrogens with one attached hydrogen (secondary N) is 1. The van der Waals surface area contributed by atoms with Gasteiger partial charge < -0.3 is 10.2 Å². The molecule has 2 amide bonds. The van der Waals surface area contributed by atoms with Gasteiger partial charge in [0.1, 0.15) is 12.6 Å². The Balaban J connectivity index is 2.09. The molecule has 0 bridgehead atoms. The normalized spacial score (nSPS) is 12.5. The summed E-state index contributed by atoms with van der Waals surface area (Å²) >= 11 is 6.24. The van der Waals surface area contributed by atoms with Gasteiger partial charge in [-0.25, -0.2) is 8.42 Å². The fourth-order valence-corrected chi connectivity index (χ4v) is 5.40. The van der Waals surface area contributed by atoms with Gasteiger partial charge in [-0.2, -0.15) is 0 Å². The largest absolute Gasteiger partial charge is 0.350 e. The Bertz CT molecular complexity index is 1400. The van der Waals surface area contributed by atoms with Gasteiger partial charge >= 0.3 is 0 Å². The van der Waals surface area contributed by atoms with Crippen molar-refractivity contribution in [2.24, 2.45) is 0 Å². The van der Waals surface area contributed by atoms with Gasteiger partial charge in [-0.3, -0.25) is 13.9 Å². The summed E-state index contributed by atoms with van der Waals surface area (Å²) in [4.78, 5) is 29.2. The second kappa shape index (κ2) is 12.7. The zero-order valence-corrected chi connectivity index (χ0v) is 24.6. The minimum atomic E-state index is -3.82. The summed E-state index contributed by atoms with van der Waals surface area (Å²) in [6, 6.07) is 22.6. The zero-order chi connectivity index (χ0) is 28.8. The molecule has 39 heavy (non-hydrogen) atoms. The van der Waals surface area contributed by atoms with E-state index in [0.29, 0.717) is 16.3 Å². The van der Waals surface area contributed by atoms with E-state index >= 15 is 0 Å². The van der Waals surface area contributed by atoms with Gasteiger partial charge in [-0.1, -0.05) is 72.3 Å². The molecule has 3 aromatic carbocycles. The summed E-state index contributed by atoms with van der Waals surface area (Å²) in [6.45, 7) is 7.01. The molecule has 208 valence electrons. The highest BCUT2D eigenvalue weighted by molar-refractivity contribution is 7.92. The quantitative estimate of drug-likeness (QED) is 0.373. The molecular formula is C30H36ClN3O4S. The van der Waals surface area contributed by atoms with Crippen molar-refractivity contribution >= 4 is 39.1 Å². The van der Waals surface area contributed by atoms with Crippen molar-refractivity contribution in [3.63, 3.8) is 0 Å². The van der Waals surface area contributed by atoms with Crippen LogP contribution in [0.4, 0.5) is 5.69 Å². The zero-order valence-electron chi connectivity index (χ0n) is 23.0. The molecule has 0 aliphatic heterocycles. The molecule has 0 aliphatic rings. The van der Waals surface area contributed by atoms with Crippen LogP contribution in [0.25, 0.3) is 0 Å². The maximum atomic E-state index is 14.1. The fourth-order valence-electron chi connectivity index (χ4n) is 4.28. The smallest absolute Gasteiger partial charge is 0.244 e. The molecule has 3 aromatic rings. The molecule has 0 saturated carbocycles. The van der Waals surface area contributed by atoms with E-state index in [4.69, 9.17) is 11.6 Å². The summed E-state index contributed by atoms with van der Waals surface area (Å²) < 4.78 is 26.9. The maximum absolute atomic E-state index is 14.1.